The lowest BCUT2D eigenvalue weighted by atomic mass is 10.1. The Bertz CT molecular complexity index is 427. The Morgan fingerprint density at radius 2 is 2.40 bits per heavy atom. The van der Waals surface area contributed by atoms with Gasteiger partial charge in [-0.2, -0.15) is 0 Å². The van der Waals surface area contributed by atoms with Gasteiger partial charge < -0.3 is 5.73 Å². The molecule has 0 bridgehead atoms. The van der Waals surface area contributed by atoms with Gasteiger partial charge in [0.2, 0.25) is 0 Å². The van der Waals surface area contributed by atoms with E-state index in [0.717, 1.165) is 16.5 Å². The van der Waals surface area contributed by atoms with E-state index < -0.39 is 0 Å². The van der Waals surface area contributed by atoms with Crippen molar-refractivity contribution >= 4 is 27.3 Å². The van der Waals surface area contributed by atoms with Crippen LogP contribution >= 0.6 is 27.3 Å². The van der Waals surface area contributed by atoms with Crippen LogP contribution in [0, 0.1) is 0 Å². The molecule has 2 N–H and O–H groups in total. The lowest BCUT2D eigenvalue weighted by Crippen LogP contribution is -2.12. The molecule has 0 saturated heterocycles. The first-order chi connectivity index (χ1) is 7.25. The Labute approximate surface area is 101 Å². The lowest BCUT2D eigenvalue weighted by molar-refractivity contribution is 0.726. The highest BCUT2D eigenvalue weighted by Gasteiger charge is 2.08. The Kier molecular flexibility index (Phi) is 3.51. The number of nitrogens with two attached hydrogens (primary N) is 1. The molecule has 0 spiro atoms. The van der Waals surface area contributed by atoms with E-state index in [9.17, 15) is 0 Å². The van der Waals surface area contributed by atoms with Crippen molar-refractivity contribution in [1.82, 2.24) is 4.98 Å². The van der Waals surface area contributed by atoms with Crippen LogP contribution in [0.3, 0.4) is 0 Å². The Balaban J connectivity index is 2.07. The van der Waals surface area contributed by atoms with Gasteiger partial charge in [0, 0.05) is 39.6 Å². The van der Waals surface area contributed by atoms with Crippen LogP contribution < -0.4 is 5.73 Å². The molecular formula is C11H11BrN2S. The number of halogens is 1. The van der Waals surface area contributed by atoms with Crippen molar-refractivity contribution in [2.75, 3.05) is 0 Å². The van der Waals surface area contributed by atoms with E-state index in [1.54, 1.807) is 17.5 Å². The number of nitrogens with zero attached hydrogens (tertiary/aromatic N) is 1. The minimum atomic E-state index is 0.0317. The molecule has 2 rings (SSSR count). The molecule has 4 heteroatoms. The molecule has 0 saturated carbocycles. The zero-order valence-electron chi connectivity index (χ0n) is 8.06. The van der Waals surface area contributed by atoms with Crippen LogP contribution in [0.2, 0.25) is 0 Å². The molecule has 78 valence electrons. The average Bonchev–Trinajstić information content (AvgIpc) is 2.65. The summed E-state index contributed by atoms with van der Waals surface area (Å²) in [5, 5.41) is 2.07. The predicted octanol–water partition coefficient (Wildman–Crippen LogP) is 3.15. The molecule has 2 aromatic heterocycles. The van der Waals surface area contributed by atoms with Crippen LogP contribution in [0.1, 0.15) is 16.5 Å². The van der Waals surface area contributed by atoms with Crippen molar-refractivity contribution in [3.8, 4) is 0 Å². The van der Waals surface area contributed by atoms with Gasteiger partial charge in [0.1, 0.15) is 0 Å². The molecule has 1 unspecified atom stereocenters. The van der Waals surface area contributed by atoms with E-state index in [-0.39, 0.29) is 6.04 Å². The number of rotatable bonds is 3. The summed E-state index contributed by atoms with van der Waals surface area (Å²) in [5.74, 6) is 0. The number of hydrogen-bond donors (Lipinski definition) is 1. The third-order valence-corrected chi connectivity index (χ3v) is 3.88. The number of hydrogen-bond acceptors (Lipinski definition) is 3. The third-order valence-electron chi connectivity index (χ3n) is 2.16. The molecule has 2 nitrogen and oxygen atoms in total. The number of aromatic nitrogens is 1. The van der Waals surface area contributed by atoms with Crippen molar-refractivity contribution in [2.45, 2.75) is 12.5 Å². The van der Waals surface area contributed by atoms with Gasteiger partial charge in [0.05, 0.1) is 0 Å². The van der Waals surface area contributed by atoms with Crippen LogP contribution in [-0.4, -0.2) is 4.98 Å². The van der Waals surface area contributed by atoms with Crippen LogP contribution in [-0.2, 0) is 6.42 Å². The Morgan fingerprint density at radius 1 is 1.53 bits per heavy atom. The van der Waals surface area contributed by atoms with Crippen LogP contribution in [0.15, 0.2) is 40.4 Å². The van der Waals surface area contributed by atoms with Gasteiger partial charge in [-0.25, -0.2) is 0 Å². The van der Waals surface area contributed by atoms with E-state index in [1.807, 2.05) is 18.3 Å². The summed E-state index contributed by atoms with van der Waals surface area (Å²) in [6.45, 7) is 0. The summed E-state index contributed by atoms with van der Waals surface area (Å²) in [4.78, 5) is 5.36. The summed E-state index contributed by atoms with van der Waals surface area (Å²) in [6.07, 6.45) is 4.45. The SMILES string of the molecule is NC(Cc1cc(Br)cs1)c1cccnc1. The lowest BCUT2D eigenvalue weighted by Gasteiger charge is -2.09. The zero-order valence-corrected chi connectivity index (χ0v) is 10.5. The first kappa shape index (κ1) is 10.8. The highest BCUT2D eigenvalue weighted by molar-refractivity contribution is 9.10. The first-order valence-electron chi connectivity index (χ1n) is 4.64. The maximum absolute atomic E-state index is 6.09. The fourth-order valence-corrected chi connectivity index (χ4v) is 2.90. The summed E-state index contributed by atoms with van der Waals surface area (Å²) < 4.78 is 1.13. The fraction of sp³-hybridized carbons (Fsp3) is 0.182. The van der Waals surface area contributed by atoms with Crippen molar-refractivity contribution < 1.29 is 0 Å². The number of thiophene rings is 1. The third kappa shape index (κ3) is 2.87. The molecule has 0 aliphatic rings. The fourth-order valence-electron chi connectivity index (χ4n) is 1.39. The molecular weight excluding hydrogens is 272 g/mol. The van der Waals surface area contributed by atoms with Gasteiger partial charge >= 0.3 is 0 Å². The molecule has 0 aliphatic heterocycles. The van der Waals surface area contributed by atoms with Gasteiger partial charge in [-0.3, -0.25) is 4.98 Å². The van der Waals surface area contributed by atoms with Gasteiger partial charge in [-0.15, -0.1) is 11.3 Å². The second kappa shape index (κ2) is 4.88. The van der Waals surface area contributed by atoms with E-state index in [1.165, 1.54) is 4.88 Å². The van der Waals surface area contributed by atoms with Crippen molar-refractivity contribution in [3.05, 3.63) is 50.9 Å². The predicted molar refractivity (Wildman–Crippen MR) is 66.9 cm³/mol. The molecule has 1 atom stereocenters. The highest BCUT2D eigenvalue weighted by atomic mass is 79.9. The minimum Gasteiger partial charge on any atom is -0.324 e. The van der Waals surface area contributed by atoms with Crippen molar-refractivity contribution in [2.24, 2.45) is 5.73 Å². The van der Waals surface area contributed by atoms with Crippen LogP contribution in [0.5, 0.6) is 0 Å². The standard InChI is InChI=1S/C11H11BrN2S/c12-9-4-10(15-7-9)5-11(13)8-2-1-3-14-6-8/h1-4,6-7,11H,5,13H2. The highest BCUT2D eigenvalue weighted by Crippen LogP contribution is 2.24. The molecule has 0 amide bonds. The van der Waals surface area contributed by atoms with E-state index in [0.29, 0.717) is 0 Å². The normalized spacial score (nSPS) is 12.7. The minimum absolute atomic E-state index is 0.0317. The number of pyridine rings is 1. The van der Waals surface area contributed by atoms with E-state index in [4.69, 9.17) is 5.73 Å². The summed E-state index contributed by atoms with van der Waals surface area (Å²) in [5.41, 5.74) is 7.17. The molecule has 15 heavy (non-hydrogen) atoms. The van der Waals surface area contributed by atoms with Gasteiger partial charge in [-0.1, -0.05) is 6.07 Å². The molecule has 0 radical (unpaired) electrons. The monoisotopic (exact) mass is 282 g/mol. The first-order valence-corrected chi connectivity index (χ1v) is 6.31. The second-order valence-electron chi connectivity index (χ2n) is 3.33. The smallest absolute Gasteiger partial charge is 0.0359 e. The Hall–Kier alpha value is -0.710. The maximum Gasteiger partial charge on any atom is 0.0359 e. The molecule has 0 aliphatic carbocycles. The molecule has 2 aromatic rings. The average molecular weight is 283 g/mol. The van der Waals surface area contributed by atoms with Crippen LogP contribution in [0.25, 0.3) is 0 Å². The zero-order chi connectivity index (χ0) is 10.7. The molecule has 2 heterocycles. The quantitative estimate of drug-likeness (QED) is 0.939. The molecule has 0 fully saturated rings. The topological polar surface area (TPSA) is 38.9 Å². The summed E-state index contributed by atoms with van der Waals surface area (Å²) >= 11 is 5.16. The summed E-state index contributed by atoms with van der Waals surface area (Å²) in [6, 6.07) is 6.07. The van der Waals surface area contributed by atoms with Crippen LogP contribution in [0.4, 0.5) is 0 Å². The van der Waals surface area contributed by atoms with E-state index >= 15 is 0 Å². The second-order valence-corrected chi connectivity index (χ2v) is 5.24. The Morgan fingerprint density at radius 3 is 3.00 bits per heavy atom. The molecule has 0 aromatic carbocycles. The largest absolute Gasteiger partial charge is 0.324 e. The van der Waals surface area contributed by atoms with Gasteiger partial charge in [0.15, 0.2) is 0 Å². The van der Waals surface area contributed by atoms with E-state index in [2.05, 4.69) is 32.4 Å². The van der Waals surface area contributed by atoms with Crippen molar-refractivity contribution in [3.63, 3.8) is 0 Å². The van der Waals surface area contributed by atoms with Crippen molar-refractivity contribution in [1.29, 1.82) is 0 Å². The van der Waals surface area contributed by atoms with Gasteiger partial charge in [-0.05, 0) is 33.6 Å². The maximum atomic E-state index is 6.09. The van der Waals surface area contributed by atoms with Gasteiger partial charge in [0.25, 0.3) is 0 Å². The summed E-state index contributed by atoms with van der Waals surface area (Å²) in [7, 11) is 0.